The summed E-state index contributed by atoms with van der Waals surface area (Å²) in [7, 11) is 0. The van der Waals surface area contributed by atoms with Gasteiger partial charge in [-0.3, -0.25) is 4.98 Å². The average Bonchev–Trinajstić information content (AvgIpc) is 2.27. The summed E-state index contributed by atoms with van der Waals surface area (Å²) >= 11 is 6.96. The number of pyridine rings is 1. The summed E-state index contributed by atoms with van der Waals surface area (Å²) in [5.41, 5.74) is 2.41. The van der Waals surface area contributed by atoms with E-state index in [-0.39, 0.29) is 0 Å². The van der Waals surface area contributed by atoms with Crippen molar-refractivity contribution in [2.75, 3.05) is 0 Å². The Morgan fingerprint density at radius 2 is 1.93 bits per heavy atom. The maximum absolute atomic E-state index is 4.37. The number of hydrogen-bond donors (Lipinski definition) is 0. The van der Waals surface area contributed by atoms with Crippen molar-refractivity contribution in [3.8, 4) is 0 Å². The third kappa shape index (κ3) is 1.71. The maximum Gasteiger partial charge on any atom is 0.0590 e. The van der Waals surface area contributed by atoms with Crippen LogP contribution in [0.5, 0.6) is 0 Å². The molecule has 0 aliphatic carbocycles. The molecule has 0 aliphatic heterocycles. The first-order chi connectivity index (χ1) is 6.86. The van der Waals surface area contributed by atoms with Crippen LogP contribution < -0.4 is 0 Å². The van der Waals surface area contributed by atoms with E-state index in [4.69, 9.17) is 0 Å². The third-order valence-electron chi connectivity index (χ3n) is 2.23. The van der Waals surface area contributed by atoms with Crippen molar-refractivity contribution < 1.29 is 0 Å². The highest BCUT2D eigenvalue weighted by atomic mass is 79.9. The minimum Gasteiger partial charge on any atom is -0.260 e. The summed E-state index contributed by atoms with van der Waals surface area (Å²) in [4.78, 5) is 4.37. The van der Waals surface area contributed by atoms with Crippen LogP contribution >= 0.6 is 31.9 Å². The van der Waals surface area contributed by atoms with E-state index in [0.717, 1.165) is 16.4 Å². The van der Waals surface area contributed by atoms with Gasteiger partial charge in [-0.05, 0) is 17.0 Å². The number of aromatic nitrogens is 1. The van der Waals surface area contributed by atoms with Crippen LogP contribution in [0, 0.1) is 0 Å². The standard InChI is InChI=1S/C11H9Br2N/c12-6-9-3-1-2-8-4-5-14-10(7-13)11(8)9/h1-5H,6-7H2. The normalized spacial score (nSPS) is 10.7. The Morgan fingerprint density at radius 1 is 1.07 bits per heavy atom. The summed E-state index contributed by atoms with van der Waals surface area (Å²) in [5.74, 6) is 0. The fourth-order valence-electron chi connectivity index (χ4n) is 1.60. The smallest absolute Gasteiger partial charge is 0.0590 e. The number of hydrogen-bond acceptors (Lipinski definition) is 1. The fraction of sp³-hybridized carbons (Fsp3) is 0.182. The highest BCUT2D eigenvalue weighted by Gasteiger charge is 2.04. The molecule has 72 valence electrons. The molecular weight excluding hydrogens is 306 g/mol. The van der Waals surface area contributed by atoms with E-state index < -0.39 is 0 Å². The largest absolute Gasteiger partial charge is 0.260 e. The number of alkyl halides is 2. The van der Waals surface area contributed by atoms with E-state index in [2.05, 4.69) is 55.0 Å². The van der Waals surface area contributed by atoms with Crippen LogP contribution in [0.25, 0.3) is 10.8 Å². The molecule has 0 amide bonds. The monoisotopic (exact) mass is 313 g/mol. The van der Waals surface area contributed by atoms with Crippen LogP contribution in [0.4, 0.5) is 0 Å². The maximum atomic E-state index is 4.37. The van der Waals surface area contributed by atoms with Gasteiger partial charge in [0.1, 0.15) is 0 Å². The van der Waals surface area contributed by atoms with Crippen LogP contribution in [0.2, 0.25) is 0 Å². The number of benzene rings is 1. The molecule has 0 spiro atoms. The molecule has 0 bridgehead atoms. The lowest BCUT2D eigenvalue weighted by Gasteiger charge is -2.06. The number of fused-ring (bicyclic) bond motifs is 1. The van der Waals surface area contributed by atoms with Crippen molar-refractivity contribution >= 4 is 42.6 Å². The van der Waals surface area contributed by atoms with E-state index in [1.165, 1.54) is 16.3 Å². The second-order valence-electron chi connectivity index (χ2n) is 3.04. The van der Waals surface area contributed by atoms with Crippen molar-refractivity contribution in [3.63, 3.8) is 0 Å². The predicted molar refractivity (Wildman–Crippen MR) is 67.0 cm³/mol. The summed E-state index contributed by atoms with van der Waals surface area (Å²) in [6, 6.07) is 8.38. The van der Waals surface area contributed by atoms with Crippen LogP contribution in [0.15, 0.2) is 30.5 Å². The molecule has 0 atom stereocenters. The lowest BCUT2D eigenvalue weighted by Crippen LogP contribution is -1.90. The van der Waals surface area contributed by atoms with Gasteiger partial charge in [0, 0.05) is 22.2 Å². The molecule has 1 nitrogen and oxygen atoms in total. The molecule has 2 rings (SSSR count). The molecule has 14 heavy (non-hydrogen) atoms. The number of nitrogens with zero attached hydrogens (tertiary/aromatic N) is 1. The van der Waals surface area contributed by atoms with Crippen molar-refractivity contribution in [3.05, 3.63) is 41.7 Å². The first-order valence-electron chi connectivity index (χ1n) is 4.34. The van der Waals surface area contributed by atoms with Crippen LogP contribution in [-0.4, -0.2) is 4.98 Å². The van der Waals surface area contributed by atoms with E-state index in [1.54, 1.807) is 0 Å². The molecule has 3 heteroatoms. The number of rotatable bonds is 2. The van der Waals surface area contributed by atoms with Crippen molar-refractivity contribution in [1.29, 1.82) is 0 Å². The van der Waals surface area contributed by atoms with Gasteiger partial charge in [0.15, 0.2) is 0 Å². The molecule has 1 heterocycles. The molecule has 0 radical (unpaired) electrons. The molecule has 0 saturated heterocycles. The van der Waals surface area contributed by atoms with Crippen molar-refractivity contribution in [2.24, 2.45) is 0 Å². The predicted octanol–water partition coefficient (Wildman–Crippen LogP) is 4.02. The Morgan fingerprint density at radius 3 is 2.64 bits per heavy atom. The quantitative estimate of drug-likeness (QED) is 0.763. The molecule has 0 aliphatic rings. The van der Waals surface area contributed by atoms with Crippen LogP contribution in [0.3, 0.4) is 0 Å². The highest BCUT2D eigenvalue weighted by molar-refractivity contribution is 9.08. The first kappa shape index (κ1) is 10.1. The van der Waals surface area contributed by atoms with Gasteiger partial charge < -0.3 is 0 Å². The minimum absolute atomic E-state index is 0.800. The lowest BCUT2D eigenvalue weighted by atomic mass is 10.1. The van der Waals surface area contributed by atoms with Gasteiger partial charge in [-0.15, -0.1) is 0 Å². The first-order valence-corrected chi connectivity index (χ1v) is 6.58. The Bertz CT molecular complexity index is 415. The second kappa shape index (κ2) is 4.41. The fourth-order valence-corrected chi connectivity index (χ4v) is 2.49. The van der Waals surface area contributed by atoms with Crippen LogP contribution in [-0.2, 0) is 10.7 Å². The van der Waals surface area contributed by atoms with Gasteiger partial charge >= 0.3 is 0 Å². The topological polar surface area (TPSA) is 12.9 Å². The Kier molecular flexibility index (Phi) is 3.19. The number of halogens is 2. The SMILES string of the molecule is BrCc1cccc2ccnc(CBr)c12. The molecule has 0 saturated carbocycles. The van der Waals surface area contributed by atoms with E-state index in [9.17, 15) is 0 Å². The molecule has 1 aromatic heterocycles. The zero-order valence-electron chi connectivity index (χ0n) is 7.50. The third-order valence-corrected chi connectivity index (χ3v) is 3.36. The molecule has 0 N–H and O–H groups in total. The van der Waals surface area contributed by atoms with E-state index in [1.807, 2.05) is 12.3 Å². The summed E-state index contributed by atoms with van der Waals surface area (Å²) in [6.45, 7) is 0. The second-order valence-corrected chi connectivity index (χ2v) is 4.16. The van der Waals surface area contributed by atoms with Gasteiger partial charge in [0.2, 0.25) is 0 Å². The van der Waals surface area contributed by atoms with E-state index >= 15 is 0 Å². The summed E-state index contributed by atoms with van der Waals surface area (Å²) < 4.78 is 0. The van der Waals surface area contributed by atoms with Gasteiger partial charge in [-0.25, -0.2) is 0 Å². The summed E-state index contributed by atoms with van der Waals surface area (Å²) in [5, 5.41) is 4.19. The van der Waals surface area contributed by atoms with Crippen molar-refractivity contribution in [1.82, 2.24) is 4.98 Å². The van der Waals surface area contributed by atoms with Gasteiger partial charge in [-0.2, -0.15) is 0 Å². The molecular formula is C11H9Br2N. The van der Waals surface area contributed by atoms with Gasteiger partial charge in [0.05, 0.1) is 5.69 Å². The molecule has 0 fully saturated rings. The average molecular weight is 315 g/mol. The zero-order valence-corrected chi connectivity index (χ0v) is 10.7. The Labute approximate surface area is 99.8 Å². The van der Waals surface area contributed by atoms with Gasteiger partial charge in [0.25, 0.3) is 0 Å². The van der Waals surface area contributed by atoms with E-state index in [0.29, 0.717) is 0 Å². The van der Waals surface area contributed by atoms with Crippen molar-refractivity contribution in [2.45, 2.75) is 10.7 Å². The summed E-state index contributed by atoms with van der Waals surface area (Å²) in [6.07, 6.45) is 1.86. The molecule has 0 unspecified atom stereocenters. The highest BCUT2D eigenvalue weighted by Crippen LogP contribution is 2.24. The minimum atomic E-state index is 0.800. The Balaban J connectivity index is 2.81. The Hall–Kier alpha value is -0.410. The lowest BCUT2D eigenvalue weighted by molar-refractivity contribution is 1.21. The van der Waals surface area contributed by atoms with Crippen LogP contribution in [0.1, 0.15) is 11.3 Å². The molecule has 1 aromatic carbocycles. The van der Waals surface area contributed by atoms with Gasteiger partial charge in [-0.1, -0.05) is 50.1 Å². The molecule has 2 aromatic rings. The zero-order chi connectivity index (χ0) is 9.97.